The van der Waals surface area contributed by atoms with Crippen LogP contribution in [0.15, 0.2) is 54.7 Å². The van der Waals surface area contributed by atoms with Crippen LogP contribution < -0.4 is 0 Å². The average molecular weight is 484 g/mol. The third kappa shape index (κ3) is 4.27. The van der Waals surface area contributed by atoms with E-state index in [1.54, 1.807) is 0 Å². The van der Waals surface area contributed by atoms with E-state index in [-0.39, 0.29) is 5.41 Å². The summed E-state index contributed by atoms with van der Waals surface area (Å²) in [6.45, 7) is 3.13. The molecule has 0 amide bonds. The number of benzene rings is 2. The lowest BCUT2D eigenvalue weighted by atomic mass is 9.54. The molecule has 5 atom stereocenters. The highest BCUT2D eigenvalue weighted by Crippen LogP contribution is 2.62. The molecule has 0 saturated heterocycles. The maximum atomic E-state index is 13.3. The summed E-state index contributed by atoms with van der Waals surface area (Å²) in [4.78, 5) is 13.3. The van der Waals surface area contributed by atoms with Crippen LogP contribution in [0.1, 0.15) is 73.8 Å². The van der Waals surface area contributed by atoms with E-state index in [4.69, 9.17) is 0 Å². The molecule has 0 radical (unpaired) electrons. The summed E-state index contributed by atoms with van der Waals surface area (Å²) in [7, 11) is 0. The van der Waals surface area contributed by atoms with Gasteiger partial charge in [0.25, 0.3) is 0 Å². The standard InChI is InChI=1S/C31H37N3O2/c1-31-16-15-27-26-14-12-25(35)18-22(26)10-13-28(27)30(31)23(19-29(31)36)8-5-17-34-20-24(32-33-34)11-9-21-6-3-2-4-7-21/h2-4,6-7,12,14,18,20,23,27-28,30,35H,5,8-11,13,15-17,19H2,1H3/t23-,27+,28?,30-,31+/m0/s1. The van der Waals surface area contributed by atoms with Crippen molar-refractivity contribution in [3.05, 3.63) is 77.1 Å². The molecular formula is C31H37N3O2. The molecular weight excluding hydrogens is 446 g/mol. The average Bonchev–Trinajstić information content (AvgIpc) is 3.44. The van der Waals surface area contributed by atoms with Crippen molar-refractivity contribution in [3.63, 3.8) is 0 Å². The van der Waals surface area contributed by atoms with E-state index < -0.39 is 0 Å². The quantitative estimate of drug-likeness (QED) is 0.454. The Morgan fingerprint density at radius 2 is 1.97 bits per heavy atom. The third-order valence-electron chi connectivity index (χ3n) is 9.61. The van der Waals surface area contributed by atoms with Crippen LogP contribution in [-0.4, -0.2) is 25.9 Å². The number of aromatic nitrogens is 3. The number of nitrogens with zero attached hydrogens (tertiary/aromatic N) is 3. The predicted octanol–water partition coefficient (Wildman–Crippen LogP) is 5.90. The number of Topliss-reactive ketones (excluding diaryl/α,β-unsaturated/α-hetero) is 1. The zero-order valence-electron chi connectivity index (χ0n) is 21.3. The van der Waals surface area contributed by atoms with Crippen LogP contribution >= 0.6 is 0 Å². The smallest absolute Gasteiger partial charge is 0.139 e. The van der Waals surface area contributed by atoms with Crippen LogP contribution in [0.2, 0.25) is 0 Å². The summed E-state index contributed by atoms with van der Waals surface area (Å²) in [6, 6.07) is 16.5. The van der Waals surface area contributed by atoms with Crippen LogP contribution in [0.5, 0.6) is 5.75 Å². The highest BCUT2D eigenvalue weighted by molar-refractivity contribution is 5.87. The van der Waals surface area contributed by atoms with Gasteiger partial charge >= 0.3 is 0 Å². The molecule has 1 N–H and O–H groups in total. The van der Waals surface area contributed by atoms with E-state index in [9.17, 15) is 9.90 Å². The molecule has 188 valence electrons. The molecule has 2 saturated carbocycles. The minimum Gasteiger partial charge on any atom is -0.508 e. The molecule has 36 heavy (non-hydrogen) atoms. The maximum Gasteiger partial charge on any atom is 0.139 e. The first-order chi connectivity index (χ1) is 17.5. The molecule has 1 unspecified atom stereocenters. The molecule has 3 aliphatic carbocycles. The molecule has 0 aliphatic heterocycles. The fraction of sp³-hybridized carbons (Fsp3) is 0.516. The van der Waals surface area contributed by atoms with Gasteiger partial charge in [0.05, 0.1) is 5.69 Å². The molecule has 0 spiro atoms. The minimum atomic E-state index is -0.155. The van der Waals surface area contributed by atoms with E-state index in [0.29, 0.717) is 35.2 Å². The molecule has 2 aromatic carbocycles. The predicted molar refractivity (Wildman–Crippen MR) is 140 cm³/mol. The number of carbonyl (C=O) groups excluding carboxylic acids is 1. The summed E-state index contributed by atoms with van der Waals surface area (Å²) in [6.07, 6.45) is 11.1. The number of aryl methyl sites for hydroxylation is 4. The Labute approximate surface area is 213 Å². The molecule has 3 aliphatic rings. The van der Waals surface area contributed by atoms with Gasteiger partial charge < -0.3 is 5.11 Å². The lowest BCUT2D eigenvalue weighted by Gasteiger charge is -2.50. The maximum absolute atomic E-state index is 13.3. The summed E-state index contributed by atoms with van der Waals surface area (Å²) in [5.41, 5.74) is 4.96. The molecule has 6 rings (SSSR count). The number of carbonyl (C=O) groups is 1. The second-order valence-corrected chi connectivity index (χ2v) is 11.7. The van der Waals surface area contributed by atoms with Crippen LogP contribution in [0.3, 0.4) is 0 Å². The molecule has 5 heteroatoms. The Hall–Kier alpha value is -2.95. The van der Waals surface area contributed by atoms with Crippen molar-refractivity contribution in [1.29, 1.82) is 0 Å². The van der Waals surface area contributed by atoms with Gasteiger partial charge in [-0.2, -0.15) is 0 Å². The zero-order valence-corrected chi connectivity index (χ0v) is 21.3. The third-order valence-corrected chi connectivity index (χ3v) is 9.61. The van der Waals surface area contributed by atoms with Crippen molar-refractivity contribution >= 4 is 5.78 Å². The molecule has 0 bridgehead atoms. The summed E-state index contributed by atoms with van der Waals surface area (Å²) in [5, 5.41) is 18.7. The fourth-order valence-corrected chi connectivity index (χ4v) is 7.89. The normalized spacial score (nSPS) is 29.0. The van der Waals surface area contributed by atoms with Crippen molar-refractivity contribution in [2.24, 2.45) is 23.2 Å². The monoisotopic (exact) mass is 483 g/mol. The van der Waals surface area contributed by atoms with Crippen LogP contribution in [-0.2, 0) is 30.6 Å². The van der Waals surface area contributed by atoms with Gasteiger partial charge in [-0.1, -0.05) is 48.5 Å². The Morgan fingerprint density at radius 3 is 2.83 bits per heavy atom. The van der Waals surface area contributed by atoms with Gasteiger partial charge in [-0.3, -0.25) is 9.48 Å². The summed E-state index contributed by atoms with van der Waals surface area (Å²) in [5.74, 6) is 2.92. The van der Waals surface area contributed by atoms with E-state index in [2.05, 4.69) is 53.8 Å². The first-order valence-electron chi connectivity index (χ1n) is 13.8. The molecule has 1 aromatic heterocycles. The highest BCUT2D eigenvalue weighted by atomic mass is 16.3. The van der Waals surface area contributed by atoms with Gasteiger partial charge in [-0.15, -0.1) is 5.10 Å². The second-order valence-electron chi connectivity index (χ2n) is 11.7. The number of phenols is 1. The van der Waals surface area contributed by atoms with E-state index in [0.717, 1.165) is 70.0 Å². The van der Waals surface area contributed by atoms with E-state index >= 15 is 0 Å². The largest absolute Gasteiger partial charge is 0.508 e. The SMILES string of the molecule is C[C@]12CC[C@@H]3c4ccc(O)cc4CCC3[C@@H]1[C@@H](CCCn1cc(CCc3ccccc3)nn1)CC2=O. The Morgan fingerprint density at radius 1 is 1.11 bits per heavy atom. The van der Waals surface area contributed by atoms with Gasteiger partial charge in [-0.05, 0) is 104 Å². The molecule has 3 aromatic rings. The number of ketones is 1. The highest BCUT2D eigenvalue weighted by Gasteiger charge is 2.58. The number of rotatable bonds is 7. The first-order valence-corrected chi connectivity index (χ1v) is 13.8. The van der Waals surface area contributed by atoms with Crippen LogP contribution in [0.25, 0.3) is 0 Å². The summed E-state index contributed by atoms with van der Waals surface area (Å²) < 4.78 is 1.99. The van der Waals surface area contributed by atoms with E-state index in [1.165, 1.54) is 16.7 Å². The van der Waals surface area contributed by atoms with Gasteiger partial charge in [-0.25, -0.2) is 0 Å². The van der Waals surface area contributed by atoms with Crippen molar-refractivity contribution in [2.75, 3.05) is 0 Å². The van der Waals surface area contributed by atoms with Crippen molar-refractivity contribution < 1.29 is 9.90 Å². The number of phenolic OH excluding ortho intramolecular Hbond substituents is 1. The van der Waals surface area contributed by atoms with Gasteiger partial charge in [0.1, 0.15) is 11.5 Å². The van der Waals surface area contributed by atoms with Crippen molar-refractivity contribution in [1.82, 2.24) is 15.0 Å². The number of aromatic hydroxyl groups is 1. The zero-order chi connectivity index (χ0) is 24.7. The molecule has 5 nitrogen and oxygen atoms in total. The number of hydrogen-bond donors (Lipinski definition) is 1. The molecule has 1 heterocycles. The first kappa shape index (κ1) is 23.4. The Bertz CT molecular complexity index is 1240. The van der Waals surface area contributed by atoms with Gasteiger partial charge in [0.15, 0.2) is 0 Å². The second kappa shape index (κ2) is 9.49. The van der Waals surface area contributed by atoms with Crippen LogP contribution in [0.4, 0.5) is 0 Å². The lowest BCUT2D eigenvalue weighted by Crippen LogP contribution is -2.44. The van der Waals surface area contributed by atoms with Gasteiger partial charge in [0.2, 0.25) is 0 Å². The minimum absolute atomic E-state index is 0.155. The lowest BCUT2D eigenvalue weighted by molar-refractivity contribution is -0.129. The summed E-state index contributed by atoms with van der Waals surface area (Å²) >= 11 is 0. The van der Waals surface area contributed by atoms with Crippen molar-refractivity contribution in [3.8, 4) is 5.75 Å². The fourth-order valence-electron chi connectivity index (χ4n) is 7.89. The van der Waals surface area contributed by atoms with Gasteiger partial charge in [0, 0.05) is 24.6 Å². The topological polar surface area (TPSA) is 68.0 Å². The van der Waals surface area contributed by atoms with Crippen molar-refractivity contribution in [2.45, 2.75) is 77.2 Å². The van der Waals surface area contributed by atoms with Crippen LogP contribution in [0, 0.1) is 23.2 Å². The number of hydrogen-bond acceptors (Lipinski definition) is 4. The van der Waals surface area contributed by atoms with E-state index in [1.807, 2.05) is 22.9 Å². The number of fused-ring (bicyclic) bond motifs is 5. The Balaban J connectivity index is 1.10. The Kier molecular flexibility index (Phi) is 6.18. The molecule has 2 fully saturated rings.